The third-order valence-electron chi connectivity index (χ3n) is 7.95. The third-order valence-corrected chi connectivity index (χ3v) is 8.81. The average molecular weight is 516 g/mol. The lowest BCUT2D eigenvalue weighted by Gasteiger charge is -2.35. The molecule has 7 nitrogen and oxygen atoms in total. The summed E-state index contributed by atoms with van der Waals surface area (Å²) >= 11 is 1.73. The van der Waals surface area contributed by atoms with E-state index in [1.165, 1.54) is 22.1 Å². The number of anilines is 1. The Labute approximate surface area is 221 Å². The Kier molecular flexibility index (Phi) is 6.69. The molecule has 0 radical (unpaired) electrons. The number of likely N-dealkylation sites (tertiary alicyclic amines) is 1. The van der Waals surface area contributed by atoms with Gasteiger partial charge >= 0.3 is 0 Å². The number of rotatable bonds is 5. The predicted octanol–water partition coefficient (Wildman–Crippen LogP) is 5.41. The zero-order valence-corrected chi connectivity index (χ0v) is 22.0. The van der Waals surface area contributed by atoms with Gasteiger partial charge in [0.05, 0.1) is 11.6 Å². The molecule has 2 aliphatic rings. The van der Waals surface area contributed by atoms with Crippen LogP contribution in [0.1, 0.15) is 44.1 Å². The number of carbonyl (C=O) groups excluding carboxylic acids is 1. The Balaban J connectivity index is 1.14. The molecule has 37 heavy (non-hydrogen) atoms. The SMILES string of the molecule is Cc1cscc1-c1cccc2c1ccn2-c1ccnc(N[C@H]2CC[C@H](C(=O)N3CCC(O)CC3)CC2)n1. The van der Waals surface area contributed by atoms with E-state index in [2.05, 4.69) is 63.0 Å². The molecule has 192 valence electrons. The van der Waals surface area contributed by atoms with Crippen molar-refractivity contribution >= 4 is 34.1 Å². The molecule has 1 aliphatic carbocycles. The molecular weight excluding hydrogens is 482 g/mol. The van der Waals surface area contributed by atoms with Crippen molar-refractivity contribution in [1.29, 1.82) is 0 Å². The second-order valence-electron chi connectivity index (χ2n) is 10.4. The van der Waals surface area contributed by atoms with E-state index in [1.807, 2.05) is 17.2 Å². The molecule has 1 aliphatic heterocycles. The maximum absolute atomic E-state index is 12.9. The van der Waals surface area contributed by atoms with E-state index in [0.717, 1.165) is 37.0 Å². The van der Waals surface area contributed by atoms with Gasteiger partial charge in [0.1, 0.15) is 5.82 Å². The predicted molar refractivity (Wildman–Crippen MR) is 148 cm³/mol. The summed E-state index contributed by atoms with van der Waals surface area (Å²) in [6.45, 7) is 3.52. The van der Waals surface area contributed by atoms with Gasteiger partial charge in [0.15, 0.2) is 0 Å². The average Bonchev–Trinajstić information content (AvgIpc) is 3.55. The molecule has 4 aromatic rings. The highest BCUT2D eigenvalue weighted by Gasteiger charge is 2.31. The Morgan fingerprint density at radius 3 is 2.59 bits per heavy atom. The summed E-state index contributed by atoms with van der Waals surface area (Å²) in [5.74, 6) is 1.82. The number of fused-ring (bicyclic) bond motifs is 1. The number of carbonyl (C=O) groups is 1. The fraction of sp³-hybridized carbons (Fsp3) is 0.414. The van der Waals surface area contributed by atoms with Crippen LogP contribution in [0.5, 0.6) is 0 Å². The Hall–Kier alpha value is -3.23. The van der Waals surface area contributed by atoms with Crippen LogP contribution in [0.4, 0.5) is 5.95 Å². The summed E-state index contributed by atoms with van der Waals surface area (Å²) in [6.07, 6.45) is 8.64. The number of aryl methyl sites for hydroxylation is 1. The van der Waals surface area contributed by atoms with Gasteiger partial charge in [-0.15, -0.1) is 0 Å². The van der Waals surface area contributed by atoms with Gasteiger partial charge in [-0.05, 0) is 91.1 Å². The molecule has 8 heteroatoms. The minimum atomic E-state index is -0.253. The molecule has 0 spiro atoms. The highest BCUT2D eigenvalue weighted by molar-refractivity contribution is 7.08. The van der Waals surface area contributed by atoms with E-state index in [-0.39, 0.29) is 24.0 Å². The first-order valence-corrected chi connectivity index (χ1v) is 14.2. The van der Waals surface area contributed by atoms with Crippen molar-refractivity contribution in [2.45, 2.75) is 57.6 Å². The van der Waals surface area contributed by atoms with E-state index in [1.54, 1.807) is 11.3 Å². The number of thiophene rings is 1. The molecule has 1 aromatic carbocycles. The van der Waals surface area contributed by atoms with Gasteiger partial charge < -0.3 is 19.9 Å². The second kappa shape index (κ2) is 10.3. The van der Waals surface area contributed by atoms with Gasteiger partial charge in [-0.2, -0.15) is 16.3 Å². The fourth-order valence-corrected chi connectivity index (χ4v) is 6.65. The number of amides is 1. The molecule has 1 saturated heterocycles. The van der Waals surface area contributed by atoms with Crippen LogP contribution >= 0.6 is 11.3 Å². The minimum Gasteiger partial charge on any atom is -0.393 e. The summed E-state index contributed by atoms with van der Waals surface area (Å²) < 4.78 is 2.12. The molecule has 2 fully saturated rings. The van der Waals surface area contributed by atoms with Crippen LogP contribution in [0.25, 0.3) is 27.8 Å². The number of piperidine rings is 1. The van der Waals surface area contributed by atoms with Crippen LogP contribution in [0.3, 0.4) is 0 Å². The number of aliphatic hydroxyl groups excluding tert-OH is 1. The quantitative estimate of drug-likeness (QED) is 0.371. The van der Waals surface area contributed by atoms with Gasteiger partial charge in [0, 0.05) is 42.8 Å². The monoisotopic (exact) mass is 515 g/mol. The summed E-state index contributed by atoms with van der Waals surface area (Å²) in [6, 6.07) is 10.8. The molecular formula is C29H33N5O2S. The molecule has 0 atom stereocenters. The first kappa shape index (κ1) is 24.1. The van der Waals surface area contributed by atoms with E-state index in [4.69, 9.17) is 4.98 Å². The summed E-state index contributed by atoms with van der Waals surface area (Å²) in [7, 11) is 0. The molecule has 1 saturated carbocycles. The molecule has 4 heterocycles. The van der Waals surface area contributed by atoms with Gasteiger partial charge in [-0.25, -0.2) is 4.98 Å². The zero-order valence-electron chi connectivity index (χ0n) is 21.1. The van der Waals surface area contributed by atoms with Gasteiger partial charge in [0.2, 0.25) is 11.9 Å². The third kappa shape index (κ3) is 4.88. The Bertz CT molecular complexity index is 1400. The van der Waals surface area contributed by atoms with Crippen LogP contribution in [-0.4, -0.2) is 55.7 Å². The highest BCUT2D eigenvalue weighted by atomic mass is 32.1. The minimum absolute atomic E-state index is 0.0906. The smallest absolute Gasteiger partial charge is 0.225 e. The number of aromatic nitrogens is 3. The lowest BCUT2D eigenvalue weighted by molar-refractivity contribution is -0.138. The van der Waals surface area contributed by atoms with Crippen molar-refractivity contribution in [3.8, 4) is 16.9 Å². The topological polar surface area (TPSA) is 83.3 Å². The first-order chi connectivity index (χ1) is 18.1. The second-order valence-corrected chi connectivity index (χ2v) is 11.1. The van der Waals surface area contributed by atoms with Crippen LogP contribution < -0.4 is 5.32 Å². The van der Waals surface area contributed by atoms with Crippen LogP contribution in [0.15, 0.2) is 53.5 Å². The van der Waals surface area contributed by atoms with Crippen molar-refractivity contribution in [3.63, 3.8) is 0 Å². The van der Waals surface area contributed by atoms with Crippen LogP contribution in [0.2, 0.25) is 0 Å². The summed E-state index contributed by atoms with van der Waals surface area (Å²) in [5.41, 5.74) is 4.95. The van der Waals surface area contributed by atoms with Crippen LogP contribution in [-0.2, 0) is 4.79 Å². The van der Waals surface area contributed by atoms with Crippen molar-refractivity contribution in [1.82, 2.24) is 19.4 Å². The molecule has 0 bridgehead atoms. The molecule has 0 unspecified atom stereocenters. The maximum Gasteiger partial charge on any atom is 0.225 e. The van der Waals surface area contributed by atoms with E-state index in [0.29, 0.717) is 31.9 Å². The van der Waals surface area contributed by atoms with E-state index >= 15 is 0 Å². The number of nitrogens with zero attached hydrogens (tertiary/aromatic N) is 4. The number of hydrogen-bond donors (Lipinski definition) is 2. The molecule has 3 aromatic heterocycles. The van der Waals surface area contributed by atoms with Gasteiger partial charge in [-0.1, -0.05) is 12.1 Å². The first-order valence-electron chi connectivity index (χ1n) is 13.3. The number of nitrogens with one attached hydrogen (secondary N) is 1. The standard InChI is InChI=1S/C29H33N5O2S/c1-19-17-37-18-25(19)23-3-2-4-26-24(23)12-16-34(26)27-9-13-30-29(32-27)31-21-7-5-20(6-8-21)28(36)33-14-10-22(35)11-15-33/h2-4,9,12-13,16-18,20-22,35H,5-8,10-11,14-15H2,1H3,(H,30,31,32)/t20-,21-. The lowest BCUT2D eigenvalue weighted by atomic mass is 9.85. The van der Waals surface area contributed by atoms with Crippen molar-refractivity contribution in [2.75, 3.05) is 18.4 Å². The highest BCUT2D eigenvalue weighted by Crippen LogP contribution is 2.34. The molecule has 2 N–H and O–H groups in total. The van der Waals surface area contributed by atoms with Crippen molar-refractivity contribution < 1.29 is 9.90 Å². The normalized spacial score (nSPS) is 20.9. The lowest BCUT2D eigenvalue weighted by Crippen LogP contribution is -2.44. The van der Waals surface area contributed by atoms with Gasteiger partial charge in [0.25, 0.3) is 0 Å². The van der Waals surface area contributed by atoms with E-state index in [9.17, 15) is 9.90 Å². The van der Waals surface area contributed by atoms with Gasteiger partial charge in [-0.3, -0.25) is 4.79 Å². The molecule has 6 rings (SSSR count). The maximum atomic E-state index is 12.9. The Morgan fingerprint density at radius 2 is 1.84 bits per heavy atom. The fourth-order valence-electron chi connectivity index (χ4n) is 5.80. The van der Waals surface area contributed by atoms with Crippen molar-refractivity contribution in [3.05, 3.63) is 59.0 Å². The Morgan fingerprint density at radius 1 is 1.03 bits per heavy atom. The largest absolute Gasteiger partial charge is 0.393 e. The number of aliphatic hydroxyl groups is 1. The van der Waals surface area contributed by atoms with Crippen molar-refractivity contribution in [2.24, 2.45) is 5.92 Å². The number of hydrogen-bond acceptors (Lipinski definition) is 6. The van der Waals surface area contributed by atoms with Crippen LogP contribution in [0, 0.1) is 12.8 Å². The summed E-state index contributed by atoms with van der Waals surface area (Å²) in [4.78, 5) is 24.2. The molecule has 1 amide bonds. The number of benzene rings is 1. The zero-order chi connectivity index (χ0) is 25.4. The van der Waals surface area contributed by atoms with E-state index < -0.39 is 0 Å². The summed E-state index contributed by atoms with van der Waals surface area (Å²) in [5, 5.41) is 18.9.